The number of para-hydroxylation sites is 2. The lowest BCUT2D eigenvalue weighted by Gasteiger charge is -2.09. The highest BCUT2D eigenvalue weighted by Gasteiger charge is 2.19. The van der Waals surface area contributed by atoms with E-state index in [0.29, 0.717) is 17.5 Å². The average molecular weight is 763 g/mol. The van der Waals surface area contributed by atoms with Crippen LogP contribution in [0.2, 0.25) is 0 Å². The molecule has 8 aromatic carbocycles. The monoisotopic (exact) mass is 762 g/mol. The summed E-state index contributed by atoms with van der Waals surface area (Å²) in [5.41, 5.74) is 9.04. The lowest BCUT2D eigenvalue weighted by Crippen LogP contribution is -1.99. The fourth-order valence-corrected chi connectivity index (χ4v) is 10.9. The van der Waals surface area contributed by atoms with Gasteiger partial charge in [0, 0.05) is 79.1 Å². The number of nitrogens with zero attached hydrogens (tertiary/aromatic N) is 4. The molecule has 12 rings (SSSR count). The Morgan fingerprint density at radius 1 is 0.351 bits per heavy atom. The Bertz CT molecular complexity index is 3410. The van der Waals surface area contributed by atoms with Crippen LogP contribution in [-0.2, 0) is 0 Å². The first-order valence-corrected chi connectivity index (χ1v) is 20.7. The third-order valence-electron chi connectivity index (χ3n) is 11.1. The molecule has 0 bridgehead atoms. The van der Waals surface area contributed by atoms with Crippen molar-refractivity contribution in [2.45, 2.75) is 0 Å². The number of fused-ring (bicyclic) bond motifs is 9. The van der Waals surface area contributed by atoms with E-state index in [2.05, 4.69) is 126 Å². The largest absolute Gasteiger partial charge is 0.309 e. The number of hydrogen-bond donors (Lipinski definition) is 0. The smallest absolute Gasteiger partial charge is 0.164 e. The maximum atomic E-state index is 5.02. The number of aromatic nitrogens is 4. The Morgan fingerprint density at radius 2 is 0.912 bits per heavy atom. The van der Waals surface area contributed by atoms with Gasteiger partial charge in [-0.3, -0.25) is 0 Å². The molecule has 266 valence electrons. The molecule has 6 heteroatoms. The van der Waals surface area contributed by atoms with E-state index in [9.17, 15) is 0 Å². The van der Waals surface area contributed by atoms with Crippen molar-refractivity contribution < 1.29 is 0 Å². The first-order chi connectivity index (χ1) is 28.2. The van der Waals surface area contributed by atoms with Gasteiger partial charge in [0.15, 0.2) is 17.5 Å². The minimum absolute atomic E-state index is 0.663. The van der Waals surface area contributed by atoms with Crippen LogP contribution in [0.4, 0.5) is 0 Å². The molecule has 0 spiro atoms. The summed E-state index contributed by atoms with van der Waals surface area (Å²) in [6.45, 7) is 0. The van der Waals surface area contributed by atoms with E-state index in [0.717, 1.165) is 16.7 Å². The van der Waals surface area contributed by atoms with E-state index < -0.39 is 0 Å². The van der Waals surface area contributed by atoms with Crippen molar-refractivity contribution in [1.82, 2.24) is 19.5 Å². The zero-order valence-corrected chi connectivity index (χ0v) is 32.1. The molecule has 0 unspecified atom stereocenters. The maximum absolute atomic E-state index is 5.02. The zero-order valence-electron chi connectivity index (χ0n) is 30.4. The van der Waals surface area contributed by atoms with Crippen LogP contribution in [0.25, 0.3) is 113 Å². The summed E-state index contributed by atoms with van der Waals surface area (Å²) in [5.74, 6) is 1.99. The molecule has 0 N–H and O–H groups in total. The molecule has 0 aliphatic carbocycles. The molecule has 0 atom stereocenters. The number of thiophene rings is 2. The quantitative estimate of drug-likeness (QED) is 0.175. The van der Waals surface area contributed by atoms with E-state index in [4.69, 9.17) is 15.0 Å². The fraction of sp³-hybridized carbons (Fsp3) is 0. The van der Waals surface area contributed by atoms with Crippen molar-refractivity contribution in [2.24, 2.45) is 0 Å². The van der Waals surface area contributed by atoms with Crippen LogP contribution in [-0.4, -0.2) is 19.5 Å². The van der Waals surface area contributed by atoms with Gasteiger partial charge >= 0.3 is 0 Å². The molecule has 12 aromatic rings. The molecule has 4 nitrogen and oxygen atoms in total. The van der Waals surface area contributed by atoms with Crippen molar-refractivity contribution in [1.29, 1.82) is 0 Å². The number of benzene rings is 8. The minimum atomic E-state index is 0.663. The second-order valence-electron chi connectivity index (χ2n) is 14.4. The molecule has 4 heterocycles. The van der Waals surface area contributed by atoms with Crippen molar-refractivity contribution in [3.05, 3.63) is 182 Å². The molecular weight excluding hydrogens is 733 g/mol. The van der Waals surface area contributed by atoms with Gasteiger partial charge in [-0.1, -0.05) is 146 Å². The first kappa shape index (κ1) is 32.3. The summed E-state index contributed by atoms with van der Waals surface area (Å²) < 4.78 is 7.47. The third-order valence-corrected chi connectivity index (χ3v) is 13.4. The molecule has 4 aromatic heterocycles. The van der Waals surface area contributed by atoms with Crippen molar-refractivity contribution >= 4 is 84.8 Å². The molecule has 0 saturated heterocycles. The van der Waals surface area contributed by atoms with Crippen molar-refractivity contribution in [3.8, 4) is 51.0 Å². The highest BCUT2D eigenvalue weighted by Crippen LogP contribution is 2.46. The van der Waals surface area contributed by atoms with E-state index >= 15 is 0 Å². The van der Waals surface area contributed by atoms with Crippen LogP contribution < -0.4 is 0 Å². The van der Waals surface area contributed by atoms with Crippen LogP contribution in [0.3, 0.4) is 0 Å². The number of rotatable bonds is 5. The Kier molecular flexibility index (Phi) is 7.24. The Labute approximate surface area is 335 Å². The van der Waals surface area contributed by atoms with E-state index in [-0.39, 0.29) is 0 Å². The first-order valence-electron chi connectivity index (χ1n) is 19.0. The Balaban J connectivity index is 0.999. The molecule has 0 aliphatic rings. The SMILES string of the molecule is c1ccc(-c2nc(-c3ccccc3)nc(-c3ccc4c(c3)sc3c(-c5cccc6sc7cc(-n8c9ccccc9c9ccccc98)ccc7c56)cccc34)n2)cc1. The molecule has 0 amide bonds. The predicted molar refractivity (Wildman–Crippen MR) is 242 cm³/mol. The summed E-state index contributed by atoms with van der Waals surface area (Å²) in [5, 5.41) is 7.64. The van der Waals surface area contributed by atoms with Crippen LogP contribution in [0.15, 0.2) is 182 Å². The van der Waals surface area contributed by atoms with Gasteiger partial charge in [0.05, 0.1) is 11.0 Å². The lowest BCUT2D eigenvalue weighted by atomic mass is 9.97. The topological polar surface area (TPSA) is 43.6 Å². The van der Waals surface area contributed by atoms with E-state index in [1.54, 1.807) is 0 Å². The molecule has 57 heavy (non-hydrogen) atoms. The zero-order chi connectivity index (χ0) is 37.5. The highest BCUT2D eigenvalue weighted by molar-refractivity contribution is 7.27. The third kappa shape index (κ3) is 5.15. The second-order valence-corrected chi connectivity index (χ2v) is 16.5. The predicted octanol–water partition coefficient (Wildman–Crippen LogP) is 14.4. The summed E-state index contributed by atoms with van der Waals surface area (Å²) in [6, 6.07) is 64.9. The van der Waals surface area contributed by atoms with Crippen LogP contribution in [0, 0.1) is 0 Å². The van der Waals surface area contributed by atoms with Gasteiger partial charge in [-0.25, -0.2) is 15.0 Å². The standard InChI is InChI=1S/C51H30N4S2/c1-3-13-31(14-4-1)49-52-50(32-15-5-2-6-16-32)54-51(53-49)33-25-27-37-39-20-11-21-40(48(39)57-45(37)29-33)38-19-12-24-44-47(38)41-28-26-34(30-46(41)56-44)55-42-22-9-7-17-35(42)36-18-8-10-23-43(36)55/h1-30H. The maximum Gasteiger partial charge on any atom is 0.164 e. The van der Waals surface area contributed by atoms with Gasteiger partial charge in [0.1, 0.15) is 0 Å². The van der Waals surface area contributed by atoms with Gasteiger partial charge in [-0.2, -0.15) is 0 Å². The van der Waals surface area contributed by atoms with E-state index in [1.165, 1.54) is 79.0 Å². The summed E-state index contributed by atoms with van der Waals surface area (Å²) in [7, 11) is 0. The van der Waals surface area contributed by atoms with Gasteiger partial charge in [0.25, 0.3) is 0 Å². The molecule has 0 saturated carbocycles. The highest BCUT2D eigenvalue weighted by atomic mass is 32.1. The van der Waals surface area contributed by atoms with Crippen LogP contribution in [0.1, 0.15) is 0 Å². The van der Waals surface area contributed by atoms with E-state index in [1.807, 2.05) is 83.3 Å². The van der Waals surface area contributed by atoms with Gasteiger partial charge in [-0.05, 0) is 42.0 Å². The Morgan fingerprint density at radius 3 is 1.61 bits per heavy atom. The summed E-state index contributed by atoms with van der Waals surface area (Å²) >= 11 is 3.71. The fourth-order valence-electron chi connectivity index (χ4n) is 8.47. The molecule has 0 radical (unpaired) electrons. The van der Waals surface area contributed by atoms with Crippen molar-refractivity contribution in [3.63, 3.8) is 0 Å². The van der Waals surface area contributed by atoms with Gasteiger partial charge in [0.2, 0.25) is 0 Å². The average Bonchev–Trinajstić information content (AvgIpc) is 3.96. The molecule has 0 fully saturated rings. The summed E-state index contributed by atoms with van der Waals surface area (Å²) in [4.78, 5) is 14.9. The summed E-state index contributed by atoms with van der Waals surface area (Å²) in [6.07, 6.45) is 0. The van der Waals surface area contributed by atoms with Crippen LogP contribution in [0.5, 0.6) is 0 Å². The Hall–Kier alpha value is -6.99. The van der Waals surface area contributed by atoms with Gasteiger partial charge < -0.3 is 4.57 Å². The molecular formula is C51H30N4S2. The molecule has 0 aliphatic heterocycles. The minimum Gasteiger partial charge on any atom is -0.309 e. The second kappa shape index (κ2) is 12.8. The van der Waals surface area contributed by atoms with Crippen molar-refractivity contribution in [2.75, 3.05) is 0 Å². The number of hydrogen-bond acceptors (Lipinski definition) is 5. The lowest BCUT2D eigenvalue weighted by molar-refractivity contribution is 1.07. The van der Waals surface area contributed by atoms with Gasteiger partial charge in [-0.15, -0.1) is 22.7 Å². The van der Waals surface area contributed by atoms with Crippen LogP contribution >= 0.6 is 22.7 Å². The normalized spacial score (nSPS) is 11.9.